The minimum atomic E-state index is -0.414. The molecule has 2 fully saturated rings. The van der Waals surface area contributed by atoms with Crippen LogP contribution < -0.4 is 16.0 Å². The predicted molar refractivity (Wildman–Crippen MR) is 107 cm³/mol. The number of piperidine rings is 1. The first kappa shape index (κ1) is 18.2. The summed E-state index contributed by atoms with van der Waals surface area (Å²) >= 11 is 0. The average Bonchev–Trinajstić information content (AvgIpc) is 2.68. The standard InChI is InChI=1S/C21H28N4O2/c1-14-2-3-15-13-18(20(22)26)21(24-19(15)12-14)25-8-4-16(5-9-25)23-17-6-10-27-11-7-17/h2-3,12-13,16-17,23H,4-11H2,1H3,(H2,22,26). The Morgan fingerprint density at radius 1 is 1.15 bits per heavy atom. The van der Waals surface area contributed by atoms with Gasteiger partial charge in [-0.05, 0) is 50.3 Å². The van der Waals surface area contributed by atoms with Crippen molar-refractivity contribution in [3.05, 3.63) is 35.4 Å². The molecular weight excluding hydrogens is 340 g/mol. The zero-order chi connectivity index (χ0) is 18.8. The normalized spacial score (nSPS) is 19.5. The Kier molecular flexibility index (Phi) is 5.27. The van der Waals surface area contributed by atoms with Crippen LogP contribution >= 0.6 is 0 Å². The van der Waals surface area contributed by atoms with Crippen LogP contribution in [-0.4, -0.2) is 49.3 Å². The zero-order valence-electron chi connectivity index (χ0n) is 15.9. The summed E-state index contributed by atoms with van der Waals surface area (Å²) in [5, 5.41) is 4.74. The van der Waals surface area contributed by atoms with E-state index in [9.17, 15) is 4.79 Å². The van der Waals surface area contributed by atoms with Gasteiger partial charge < -0.3 is 20.7 Å². The molecule has 2 aliphatic rings. The van der Waals surface area contributed by atoms with Crippen molar-refractivity contribution in [3.8, 4) is 0 Å². The molecule has 6 heteroatoms. The Hall–Kier alpha value is -2.18. The van der Waals surface area contributed by atoms with E-state index in [-0.39, 0.29) is 0 Å². The number of anilines is 1. The van der Waals surface area contributed by atoms with Crippen LogP contribution in [0.3, 0.4) is 0 Å². The molecule has 0 saturated carbocycles. The van der Waals surface area contributed by atoms with Gasteiger partial charge in [-0.1, -0.05) is 12.1 Å². The summed E-state index contributed by atoms with van der Waals surface area (Å²) in [4.78, 5) is 19.1. The van der Waals surface area contributed by atoms with Crippen molar-refractivity contribution in [2.24, 2.45) is 5.73 Å². The molecule has 144 valence electrons. The molecule has 1 aromatic carbocycles. The van der Waals surface area contributed by atoms with Crippen LogP contribution in [0.25, 0.3) is 10.9 Å². The highest BCUT2D eigenvalue weighted by molar-refractivity contribution is 6.01. The molecule has 3 N–H and O–H groups in total. The molecule has 0 spiro atoms. The summed E-state index contributed by atoms with van der Waals surface area (Å²) < 4.78 is 5.44. The Morgan fingerprint density at radius 2 is 1.85 bits per heavy atom. The van der Waals surface area contributed by atoms with Gasteiger partial charge in [0.2, 0.25) is 0 Å². The number of hydrogen-bond donors (Lipinski definition) is 2. The van der Waals surface area contributed by atoms with Crippen LogP contribution in [0.2, 0.25) is 0 Å². The Balaban J connectivity index is 1.50. The number of aromatic nitrogens is 1. The van der Waals surface area contributed by atoms with Gasteiger partial charge in [0.25, 0.3) is 5.91 Å². The van der Waals surface area contributed by atoms with Crippen molar-refractivity contribution < 1.29 is 9.53 Å². The van der Waals surface area contributed by atoms with Gasteiger partial charge in [-0.2, -0.15) is 0 Å². The Labute approximate surface area is 160 Å². The molecule has 6 nitrogen and oxygen atoms in total. The molecule has 2 saturated heterocycles. The van der Waals surface area contributed by atoms with E-state index in [1.54, 1.807) is 0 Å². The summed E-state index contributed by atoms with van der Waals surface area (Å²) in [6, 6.07) is 9.05. The van der Waals surface area contributed by atoms with Gasteiger partial charge in [0.05, 0.1) is 11.1 Å². The molecule has 2 aromatic rings. The number of carbonyl (C=O) groups is 1. The lowest BCUT2D eigenvalue weighted by Gasteiger charge is -2.36. The van der Waals surface area contributed by atoms with Gasteiger partial charge in [0.15, 0.2) is 0 Å². The number of carbonyl (C=O) groups excluding carboxylic acids is 1. The van der Waals surface area contributed by atoms with Crippen molar-refractivity contribution in [2.75, 3.05) is 31.2 Å². The summed E-state index contributed by atoms with van der Waals surface area (Å²) in [5.41, 5.74) is 8.25. The fourth-order valence-corrected chi connectivity index (χ4v) is 4.14. The highest BCUT2D eigenvalue weighted by Crippen LogP contribution is 2.27. The molecule has 4 rings (SSSR count). The maximum absolute atomic E-state index is 12.0. The third-order valence-electron chi connectivity index (χ3n) is 5.71. The first-order chi connectivity index (χ1) is 13.1. The van der Waals surface area contributed by atoms with E-state index in [4.69, 9.17) is 15.5 Å². The fourth-order valence-electron chi connectivity index (χ4n) is 4.14. The highest BCUT2D eigenvalue weighted by atomic mass is 16.5. The number of amides is 1. The number of hydrogen-bond acceptors (Lipinski definition) is 5. The maximum atomic E-state index is 12.0. The molecule has 0 aliphatic carbocycles. The smallest absolute Gasteiger partial charge is 0.252 e. The summed E-state index contributed by atoms with van der Waals surface area (Å²) in [6.07, 6.45) is 4.28. The van der Waals surface area contributed by atoms with Crippen molar-refractivity contribution in [3.63, 3.8) is 0 Å². The van der Waals surface area contributed by atoms with E-state index in [1.807, 2.05) is 18.2 Å². The Bertz CT molecular complexity index is 824. The molecule has 0 bridgehead atoms. The van der Waals surface area contributed by atoms with Gasteiger partial charge in [0, 0.05) is 43.8 Å². The average molecular weight is 368 g/mol. The first-order valence-electron chi connectivity index (χ1n) is 9.90. The van der Waals surface area contributed by atoms with E-state index < -0.39 is 5.91 Å². The number of nitrogens with one attached hydrogen (secondary N) is 1. The Morgan fingerprint density at radius 3 is 2.56 bits per heavy atom. The number of benzene rings is 1. The molecule has 0 radical (unpaired) electrons. The van der Waals surface area contributed by atoms with Crippen LogP contribution in [0.4, 0.5) is 5.82 Å². The van der Waals surface area contributed by atoms with Crippen LogP contribution in [-0.2, 0) is 4.74 Å². The van der Waals surface area contributed by atoms with Gasteiger partial charge in [0.1, 0.15) is 5.82 Å². The number of ether oxygens (including phenoxy) is 1. The third kappa shape index (κ3) is 4.06. The minimum absolute atomic E-state index is 0.414. The second-order valence-electron chi connectivity index (χ2n) is 7.73. The van der Waals surface area contributed by atoms with E-state index in [0.717, 1.165) is 74.3 Å². The number of pyridine rings is 1. The number of primary amides is 1. The van der Waals surface area contributed by atoms with Crippen molar-refractivity contribution in [1.82, 2.24) is 10.3 Å². The number of nitrogens with zero attached hydrogens (tertiary/aromatic N) is 2. The minimum Gasteiger partial charge on any atom is -0.381 e. The fraction of sp³-hybridized carbons (Fsp3) is 0.524. The summed E-state index contributed by atoms with van der Waals surface area (Å²) in [6.45, 7) is 5.53. The van der Waals surface area contributed by atoms with E-state index in [2.05, 4.69) is 23.2 Å². The van der Waals surface area contributed by atoms with Crippen molar-refractivity contribution >= 4 is 22.6 Å². The van der Waals surface area contributed by atoms with Gasteiger partial charge in [-0.25, -0.2) is 4.98 Å². The highest BCUT2D eigenvalue weighted by Gasteiger charge is 2.26. The molecule has 0 unspecified atom stereocenters. The quantitative estimate of drug-likeness (QED) is 0.866. The second-order valence-corrected chi connectivity index (χ2v) is 7.73. The largest absolute Gasteiger partial charge is 0.381 e. The van der Waals surface area contributed by atoms with Gasteiger partial charge in [-0.3, -0.25) is 4.79 Å². The van der Waals surface area contributed by atoms with Crippen LogP contribution in [0.15, 0.2) is 24.3 Å². The molecule has 1 aromatic heterocycles. The van der Waals surface area contributed by atoms with E-state index >= 15 is 0 Å². The van der Waals surface area contributed by atoms with Gasteiger partial charge in [-0.15, -0.1) is 0 Å². The van der Waals surface area contributed by atoms with Crippen molar-refractivity contribution in [1.29, 1.82) is 0 Å². The summed E-state index contributed by atoms with van der Waals surface area (Å²) in [7, 11) is 0. The lowest BCUT2D eigenvalue weighted by atomic mass is 10.0. The maximum Gasteiger partial charge on any atom is 0.252 e. The van der Waals surface area contributed by atoms with Gasteiger partial charge >= 0.3 is 0 Å². The topological polar surface area (TPSA) is 80.5 Å². The predicted octanol–water partition coefficient (Wildman–Crippen LogP) is 2.38. The van der Waals surface area contributed by atoms with Crippen LogP contribution in [0.5, 0.6) is 0 Å². The molecular formula is C21H28N4O2. The zero-order valence-corrected chi connectivity index (χ0v) is 15.9. The first-order valence-corrected chi connectivity index (χ1v) is 9.90. The number of nitrogens with two attached hydrogens (primary N) is 1. The number of fused-ring (bicyclic) bond motifs is 1. The number of rotatable bonds is 4. The lowest BCUT2D eigenvalue weighted by Crippen LogP contribution is -2.48. The van der Waals surface area contributed by atoms with Crippen LogP contribution in [0.1, 0.15) is 41.6 Å². The SMILES string of the molecule is Cc1ccc2cc(C(N)=O)c(N3CCC(NC4CCOCC4)CC3)nc2c1. The van der Waals surface area contributed by atoms with E-state index in [0.29, 0.717) is 17.6 Å². The molecule has 3 heterocycles. The second kappa shape index (κ2) is 7.82. The summed E-state index contributed by atoms with van der Waals surface area (Å²) in [5.74, 6) is 0.313. The monoisotopic (exact) mass is 368 g/mol. The molecule has 2 aliphatic heterocycles. The van der Waals surface area contributed by atoms with E-state index in [1.165, 1.54) is 0 Å². The molecule has 27 heavy (non-hydrogen) atoms. The van der Waals surface area contributed by atoms with Crippen LogP contribution in [0, 0.1) is 6.92 Å². The molecule has 0 atom stereocenters. The lowest BCUT2D eigenvalue weighted by molar-refractivity contribution is 0.0738. The molecule has 1 amide bonds. The third-order valence-corrected chi connectivity index (χ3v) is 5.71. The number of aryl methyl sites for hydroxylation is 1. The van der Waals surface area contributed by atoms with Crippen molar-refractivity contribution in [2.45, 2.75) is 44.7 Å².